The van der Waals surface area contributed by atoms with Gasteiger partial charge in [-0.3, -0.25) is 0 Å². The summed E-state index contributed by atoms with van der Waals surface area (Å²) in [4.78, 5) is 0. The van der Waals surface area contributed by atoms with Crippen molar-refractivity contribution in [1.29, 1.82) is 0 Å². The summed E-state index contributed by atoms with van der Waals surface area (Å²) in [6.45, 7) is 4.15. The van der Waals surface area contributed by atoms with Gasteiger partial charge >= 0.3 is 0 Å². The second-order valence-electron chi connectivity index (χ2n) is 4.51. The Hall–Kier alpha value is -2.38. The molecular formula is C18H15B. The van der Waals surface area contributed by atoms with Gasteiger partial charge in [0.1, 0.15) is 0 Å². The van der Waals surface area contributed by atoms with Crippen molar-refractivity contribution in [2.24, 2.45) is 0 Å². The van der Waals surface area contributed by atoms with Crippen LogP contribution in [0.25, 0.3) is 0 Å². The summed E-state index contributed by atoms with van der Waals surface area (Å²) >= 11 is 0. The Morgan fingerprint density at radius 3 is 1.37 bits per heavy atom. The average molecular weight is 242 g/mol. The van der Waals surface area contributed by atoms with Crippen molar-refractivity contribution in [3.8, 4) is 23.5 Å². The average Bonchev–Trinajstić information content (AvgIpc) is 2.43. The summed E-state index contributed by atoms with van der Waals surface area (Å²) in [6, 6.07) is 16.4. The summed E-state index contributed by atoms with van der Waals surface area (Å²) in [5.74, 6) is 12.4. The Morgan fingerprint density at radius 2 is 1.00 bits per heavy atom. The van der Waals surface area contributed by atoms with E-state index in [-0.39, 0.29) is 0 Å². The Kier molecular flexibility index (Phi) is 4.49. The van der Waals surface area contributed by atoms with Crippen LogP contribution < -0.4 is 0 Å². The summed E-state index contributed by atoms with van der Waals surface area (Å²) in [6.07, 6.45) is 0. The molecule has 0 amide bonds. The van der Waals surface area contributed by atoms with Crippen molar-refractivity contribution >= 4 is 7.28 Å². The molecule has 0 saturated heterocycles. The van der Waals surface area contributed by atoms with Crippen molar-refractivity contribution in [2.75, 3.05) is 0 Å². The van der Waals surface area contributed by atoms with E-state index in [1.807, 2.05) is 24.3 Å². The Labute approximate surface area is 116 Å². The van der Waals surface area contributed by atoms with Gasteiger partial charge in [0.05, 0.1) is 0 Å². The van der Waals surface area contributed by atoms with E-state index in [0.717, 1.165) is 11.1 Å². The van der Waals surface area contributed by atoms with Crippen LogP contribution in [-0.4, -0.2) is 7.28 Å². The lowest BCUT2D eigenvalue weighted by atomic mass is 9.81. The van der Waals surface area contributed by atoms with E-state index >= 15 is 0 Å². The molecule has 0 spiro atoms. The molecular weight excluding hydrogens is 227 g/mol. The minimum absolute atomic E-state index is 0.599. The summed E-state index contributed by atoms with van der Waals surface area (Å²) in [5, 5.41) is 0. The highest BCUT2D eigenvalue weighted by Crippen LogP contribution is 2.01. The van der Waals surface area contributed by atoms with Crippen LogP contribution >= 0.6 is 0 Å². The van der Waals surface area contributed by atoms with Crippen molar-refractivity contribution in [3.05, 3.63) is 70.8 Å². The third-order valence-corrected chi connectivity index (χ3v) is 2.75. The van der Waals surface area contributed by atoms with Gasteiger partial charge < -0.3 is 0 Å². The Balaban J connectivity index is 1.94. The summed E-state index contributed by atoms with van der Waals surface area (Å²) in [5.41, 5.74) is 4.60. The fourth-order valence-electron chi connectivity index (χ4n) is 1.61. The van der Waals surface area contributed by atoms with Gasteiger partial charge in [-0.1, -0.05) is 47.2 Å². The molecule has 2 aromatic rings. The van der Waals surface area contributed by atoms with Crippen molar-refractivity contribution in [2.45, 2.75) is 13.8 Å². The molecule has 0 atom stereocenters. The van der Waals surface area contributed by atoms with E-state index in [4.69, 9.17) is 0 Å². The molecule has 0 aromatic heterocycles. The van der Waals surface area contributed by atoms with Crippen LogP contribution in [0.5, 0.6) is 0 Å². The molecule has 0 fully saturated rings. The van der Waals surface area contributed by atoms with E-state index in [0.29, 0.717) is 7.28 Å². The predicted octanol–water partition coefficient (Wildman–Crippen LogP) is 3.06. The highest BCUT2D eigenvalue weighted by atomic mass is 13.9. The lowest BCUT2D eigenvalue weighted by molar-refractivity contribution is 1.46. The fourth-order valence-corrected chi connectivity index (χ4v) is 1.61. The zero-order chi connectivity index (χ0) is 13.5. The van der Waals surface area contributed by atoms with Gasteiger partial charge in [-0.15, -0.1) is 11.6 Å². The molecule has 2 rings (SSSR count). The maximum Gasteiger partial charge on any atom is 0.299 e. The molecule has 0 aliphatic carbocycles. The second kappa shape index (κ2) is 6.53. The van der Waals surface area contributed by atoms with E-state index in [1.54, 1.807) is 0 Å². The summed E-state index contributed by atoms with van der Waals surface area (Å²) in [7, 11) is 0.599. The Morgan fingerprint density at radius 1 is 0.632 bits per heavy atom. The Bertz CT molecular complexity index is 595. The van der Waals surface area contributed by atoms with Crippen molar-refractivity contribution < 1.29 is 0 Å². The van der Waals surface area contributed by atoms with E-state index < -0.39 is 0 Å². The van der Waals surface area contributed by atoms with Gasteiger partial charge in [-0.2, -0.15) is 0 Å². The SMILES string of the molecule is Cc1ccc(C#CBC#Cc2ccc(C)cc2)cc1. The minimum Gasteiger partial charge on any atom is -0.137 e. The summed E-state index contributed by atoms with van der Waals surface area (Å²) < 4.78 is 0. The second-order valence-corrected chi connectivity index (χ2v) is 4.51. The van der Waals surface area contributed by atoms with Gasteiger partial charge in [0.25, 0.3) is 7.28 Å². The first-order valence-electron chi connectivity index (χ1n) is 6.35. The van der Waals surface area contributed by atoms with Crippen LogP contribution in [0.3, 0.4) is 0 Å². The quantitative estimate of drug-likeness (QED) is 0.492. The first kappa shape index (κ1) is 13.1. The lowest BCUT2D eigenvalue weighted by Crippen LogP contribution is -1.82. The van der Waals surface area contributed by atoms with E-state index in [9.17, 15) is 0 Å². The first-order valence-corrected chi connectivity index (χ1v) is 6.35. The van der Waals surface area contributed by atoms with Gasteiger partial charge in [-0.05, 0) is 38.1 Å². The molecule has 0 aliphatic rings. The predicted molar refractivity (Wildman–Crippen MR) is 83.3 cm³/mol. The maximum absolute atomic E-state index is 3.11. The maximum atomic E-state index is 3.11. The standard InChI is InChI=1S/C18H15B/c1-15-3-7-17(8-4-15)11-13-19-14-12-18-9-5-16(2)6-10-18/h3-10,19H,1-2H3. The van der Waals surface area contributed by atoms with Crippen LogP contribution in [0, 0.1) is 37.3 Å². The van der Waals surface area contributed by atoms with Gasteiger partial charge in [-0.25, -0.2) is 0 Å². The molecule has 0 bridgehead atoms. The molecule has 0 radical (unpaired) electrons. The normalized spacial score (nSPS) is 8.74. The third kappa shape index (κ3) is 4.42. The smallest absolute Gasteiger partial charge is 0.137 e. The molecule has 0 nitrogen and oxygen atoms in total. The number of rotatable bonds is 0. The first-order chi connectivity index (χ1) is 9.24. The third-order valence-electron chi connectivity index (χ3n) is 2.75. The molecule has 0 unspecified atom stereocenters. The molecule has 1 heteroatoms. The van der Waals surface area contributed by atoms with Crippen molar-refractivity contribution in [1.82, 2.24) is 0 Å². The van der Waals surface area contributed by atoms with Gasteiger partial charge in [0.2, 0.25) is 0 Å². The van der Waals surface area contributed by atoms with E-state index in [1.165, 1.54) is 11.1 Å². The van der Waals surface area contributed by atoms with Crippen LogP contribution in [-0.2, 0) is 0 Å². The molecule has 0 heterocycles. The van der Waals surface area contributed by atoms with Crippen molar-refractivity contribution in [3.63, 3.8) is 0 Å². The molecule has 90 valence electrons. The number of benzene rings is 2. The highest BCUT2D eigenvalue weighted by Gasteiger charge is 1.86. The van der Waals surface area contributed by atoms with Crippen LogP contribution in [0.15, 0.2) is 48.5 Å². The van der Waals surface area contributed by atoms with Crippen LogP contribution in [0.2, 0.25) is 0 Å². The monoisotopic (exact) mass is 242 g/mol. The number of hydrogen-bond acceptors (Lipinski definition) is 0. The zero-order valence-corrected chi connectivity index (χ0v) is 11.3. The minimum atomic E-state index is 0.599. The van der Waals surface area contributed by atoms with Gasteiger partial charge in [0, 0.05) is 11.1 Å². The van der Waals surface area contributed by atoms with Gasteiger partial charge in [0.15, 0.2) is 0 Å². The number of hydrogen-bond donors (Lipinski definition) is 0. The molecule has 0 aliphatic heterocycles. The topological polar surface area (TPSA) is 0 Å². The molecule has 19 heavy (non-hydrogen) atoms. The fraction of sp³-hybridized carbons (Fsp3) is 0.111. The molecule has 0 saturated carbocycles. The molecule has 0 N–H and O–H groups in total. The largest absolute Gasteiger partial charge is 0.299 e. The lowest BCUT2D eigenvalue weighted by Gasteiger charge is -1.91. The zero-order valence-electron chi connectivity index (χ0n) is 11.3. The van der Waals surface area contributed by atoms with E-state index in [2.05, 4.69) is 61.6 Å². The highest BCUT2D eigenvalue weighted by molar-refractivity contribution is 6.55. The number of aryl methyl sites for hydroxylation is 2. The van der Waals surface area contributed by atoms with Crippen LogP contribution in [0.1, 0.15) is 22.3 Å². The molecule has 2 aromatic carbocycles. The van der Waals surface area contributed by atoms with Crippen LogP contribution in [0.4, 0.5) is 0 Å².